The summed E-state index contributed by atoms with van der Waals surface area (Å²) < 4.78 is 2.45. The van der Waals surface area contributed by atoms with Gasteiger partial charge in [-0.25, -0.2) is 0 Å². The molecule has 12 rings (SSSR count). The van der Waals surface area contributed by atoms with Gasteiger partial charge in [0.25, 0.3) is 0 Å². The summed E-state index contributed by atoms with van der Waals surface area (Å²) in [4.78, 5) is 2.46. The van der Waals surface area contributed by atoms with Gasteiger partial charge in [-0.2, -0.15) is 0 Å². The number of para-hydroxylation sites is 1. The molecule has 2 heteroatoms. The standard InChI is InChI=1S/C64H46N2/c1-5-17-45(18-6-1)48-31-35-57(36-32-48)65(58-37-33-49(34-38-58)55-40-53(46-19-7-2-8-20-46)39-54(41-55)47-21-9-3-10-22-47)59-28-15-25-52(42-59)60-29-16-30-62-64(60)61-43-50-23-13-14-24-51(50)44-63(61)66(62)56-26-11-4-12-27-56/h1-41,43-44,52H,42H2. The Hall–Kier alpha value is -8.46. The van der Waals surface area contributed by atoms with Crippen LogP contribution in [0.5, 0.6) is 0 Å². The molecule has 10 aromatic carbocycles. The van der Waals surface area contributed by atoms with E-state index in [2.05, 4.69) is 270 Å². The normalized spacial score (nSPS) is 13.6. The maximum absolute atomic E-state index is 2.46. The smallest absolute Gasteiger partial charge is 0.0547 e. The highest BCUT2D eigenvalue weighted by atomic mass is 15.1. The molecule has 1 atom stereocenters. The molecule has 1 unspecified atom stereocenters. The zero-order valence-electron chi connectivity index (χ0n) is 36.5. The monoisotopic (exact) mass is 842 g/mol. The topological polar surface area (TPSA) is 8.17 Å². The van der Waals surface area contributed by atoms with E-state index in [1.165, 1.54) is 94.0 Å². The lowest BCUT2D eigenvalue weighted by atomic mass is 9.87. The van der Waals surface area contributed by atoms with Crippen LogP contribution in [0.4, 0.5) is 11.4 Å². The molecule has 0 bridgehead atoms. The van der Waals surface area contributed by atoms with Gasteiger partial charge in [0.2, 0.25) is 0 Å². The van der Waals surface area contributed by atoms with E-state index in [0.717, 1.165) is 17.8 Å². The Morgan fingerprint density at radius 1 is 0.379 bits per heavy atom. The van der Waals surface area contributed by atoms with Gasteiger partial charge in [0, 0.05) is 39.4 Å². The van der Waals surface area contributed by atoms with Crippen molar-refractivity contribution >= 4 is 44.0 Å². The number of anilines is 2. The average molecular weight is 843 g/mol. The number of benzene rings is 10. The molecule has 1 aromatic heterocycles. The lowest BCUT2D eigenvalue weighted by molar-refractivity contribution is 0.800. The van der Waals surface area contributed by atoms with Gasteiger partial charge >= 0.3 is 0 Å². The van der Waals surface area contributed by atoms with Crippen LogP contribution in [0.2, 0.25) is 0 Å². The lowest BCUT2D eigenvalue weighted by Crippen LogP contribution is -2.19. The Balaban J connectivity index is 0.959. The molecular formula is C64H46N2. The summed E-state index contributed by atoms with van der Waals surface area (Å²) in [6.45, 7) is 0. The molecular weight excluding hydrogens is 797 g/mol. The van der Waals surface area contributed by atoms with E-state index < -0.39 is 0 Å². The molecule has 312 valence electrons. The third-order valence-electron chi connectivity index (χ3n) is 13.3. The zero-order chi connectivity index (χ0) is 43.8. The largest absolute Gasteiger partial charge is 0.314 e. The number of aromatic nitrogens is 1. The number of nitrogens with zero attached hydrogens (tertiary/aromatic N) is 2. The van der Waals surface area contributed by atoms with Crippen molar-refractivity contribution in [3.63, 3.8) is 0 Å². The highest BCUT2D eigenvalue weighted by Gasteiger charge is 2.25. The van der Waals surface area contributed by atoms with Crippen molar-refractivity contribution in [1.82, 2.24) is 4.57 Å². The van der Waals surface area contributed by atoms with Gasteiger partial charge in [-0.1, -0.05) is 182 Å². The maximum atomic E-state index is 2.46. The summed E-state index contributed by atoms with van der Waals surface area (Å²) in [5.74, 6) is 0.150. The number of rotatable bonds is 9. The Morgan fingerprint density at radius 2 is 0.848 bits per heavy atom. The van der Waals surface area contributed by atoms with Crippen molar-refractivity contribution in [2.75, 3.05) is 4.90 Å². The summed E-state index contributed by atoms with van der Waals surface area (Å²) in [5.41, 5.74) is 18.1. The van der Waals surface area contributed by atoms with E-state index >= 15 is 0 Å². The van der Waals surface area contributed by atoms with E-state index in [1.807, 2.05) is 0 Å². The van der Waals surface area contributed by atoms with Crippen molar-refractivity contribution < 1.29 is 0 Å². The van der Waals surface area contributed by atoms with E-state index in [0.29, 0.717) is 0 Å². The Labute approximate surface area is 386 Å². The Kier molecular flexibility index (Phi) is 10.0. The number of allylic oxidation sites excluding steroid dienone is 4. The van der Waals surface area contributed by atoms with Crippen molar-refractivity contribution in [3.05, 3.63) is 272 Å². The van der Waals surface area contributed by atoms with E-state index in [-0.39, 0.29) is 5.92 Å². The molecule has 0 saturated carbocycles. The summed E-state index contributed by atoms with van der Waals surface area (Å²) in [6, 6.07) is 88.5. The second-order valence-electron chi connectivity index (χ2n) is 17.3. The molecule has 1 heterocycles. The first-order chi connectivity index (χ1) is 32.7. The van der Waals surface area contributed by atoms with Gasteiger partial charge in [-0.05, 0) is 146 Å². The third-order valence-corrected chi connectivity index (χ3v) is 13.3. The molecule has 0 aliphatic heterocycles. The summed E-state index contributed by atoms with van der Waals surface area (Å²) in [5, 5.41) is 5.09. The van der Waals surface area contributed by atoms with Gasteiger partial charge in [0.1, 0.15) is 0 Å². The van der Waals surface area contributed by atoms with Gasteiger partial charge in [0.05, 0.1) is 11.0 Å². The Morgan fingerprint density at radius 3 is 1.41 bits per heavy atom. The predicted molar refractivity (Wildman–Crippen MR) is 280 cm³/mol. The fourth-order valence-corrected chi connectivity index (χ4v) is 10.1. The quantitative estimate of drug-likeness (QED) is 0.141. The molecule has 2 nitrogen and oxygen atoms in total. The van der Waals surface area contributed by atoms with Gasteiger partial charge in [0.15, 0.2) is 0 Å². The van der Waals surface area contributed by atoms with Crippen molar-refractivity contribution in [3.8, 4) is 50.2 Å². The van der Waals surface area contributed by atoms with Gasteiger partial charge < -0.3 is 9.47 Å². The number of fused-ring (bicyclic) bond motifs is 4. The van der Waals surface area contributed by atoms with Crippen LogP contribution in [-0.4, -0.2) is 4.57 Å². The maximum Gasteiger partial charge on any atom is 0.0547 e. The van der Waals surface area contributed by atoms with Crippen molar-refractivity contribution in [2.24, 2.45) is 0 Å². The second kappa shape index (κ2) is 16.9. The molecule has 1 aliphatic rings. The molecule has 0 amide bonds. The van der Waals surface area contributed by atoms with Crippen LogP contribution in [0.1, 0.15) is 17.9 Å². The number of hydrogen-bond acceptors (Lipinski definition) is 1. The number of hydrogen-bond donors (Lipinski definition) is 0. The molecule has 11 aromatic rings. The van der Waals surface area contributed by atoms with Crippen LogP contribution in [0, 0.1) is 0 Å². The third kappa shape index (κ3) is 7.29. The van der Waals surface area contributed by atoms with E-state index in [4.69, 9.17) is 0 Å². The average Bonchev–Trinajstić information content (AvgIpc) is 3.72. The van der Waals surface area contributed by atoms with Crippen LogP contribution in [-0.2, 0) is 0 Å². The first-order valence-corrected chi connectivity index (χ1v) is 22.9. The van der Waals surface area contributed by atoms with Gasteiger partial charge in [-0.3, -0.25) is 0 Å². The fraction of sp³-hybridized carbons (Fsp3) is 0.0312. The van der Waals surface area contributed by atoms with Crippen LogP contribution >= 0.6 is 0 Å². The fourth-order valence-electron chi connectivity index (χ4n) is 10.1. The van der Waals surface area contributed by atoms with E-state index in [1.54, 1.807) is 0 Å². The van der Waals surface area contributed by atoms with Gasteiger partial charge in [-0.15, -0.1) is 0 Å². The molecule has 0 radical (unpaired) electrons. The van der Waals surface area contributed by atoms with Crippen LogP contribution < -0.4 is 4.90 Å². The SMILES string of the molecule is C1=CC(c2cccc3c2c2cc4ccccc4cc2n3-c2ccccc2)CC(N(c2ccc(-c3ccccc3)cc2)c2ccc(-c3cc(-c4ccccc4)cc(-c4ccccc4)c3)cc2)=C1. The predicted octanol–water partition coefficient (Wildman–Crippen LogP) is 17.4. The van der Waals surface area contributed by atoms with Crippen molar-refractivity contribution in [1.29, 1.82) is 0 Å². The van der Waals surface area contributed by atoms with Crippen LogP contribution in [0.3, 0.4) is 0 Å². The first-order valence-electron chi connectivity index (χ1n) is 22.9. The molecule has 0 spiro atoms. The molecule has 0 saturated heterocycles. The minimum absolute atomic E-state index is 0.150. The molecule has 0 fully saturated rings. The summed E-state index contributed by atoms with van der Waals surface area (Å²) >= 11 is 0. The zero-order valence-corrected chi connectivity index (χ0v) is 36.5. The minimum Gasteiger partial charge on any atom is -0.314 e. The molecule has 66 heavy (non-hydrogen) atoms. The minimum atomic E-state index is 0.150. The summed E-state index contributed by atoms with van der Waals surface area (Å²) in [6.07, 6.45) is 7.82. The highest BCUT2D eigenvalue weighted by Crippen LogP contribution is 2.44. The first kappa shape index (κ1) is 39.2. The van der Waals surface area contributed by atoms with Crippen LogP contribution in [0.25, 0.3) is 82.8 Å². The second-order valence-corrected chi connectivity index (χ2v) is 17.3. The molecule has 0 N–H and O–H groups in total. The van der Waals surface area contributed by atoms with Crippen LogP contribution in [0.15, 0.2) is 267 Å². The molecule has 1 aliphatic carbocycles. The van der Waals surface area contributed by atoms with E-state index in [9.17, 15) is 0 Å². The van der Waals surface area contributed by atoms with Crippen molar-refractivity contribution in [2.45, 2.75) is 12.3 Å². The Bertz CT molecular complexity index is 3510. The highest BCUT2D eigenvalue weighted by molar-refractivity contribution is 6.15. The summed E-state index contributed by atoms with van der Waals surface area (Å²) in [7, 11) is 0. The lowest BCUT2D eigenvalue weighted by Gasteiger charge is -2.32.